The Morgan fingerprint density at radius 1 is 1.17 bits per heavy atom. The van der Waals surface area contributed by atoms with E-state index in [1.165, 1.54) is 5.56 Å². The third-order valence-corrected chi connectivity index (χ3v) is 3.27. The zero-order chi connectivity index (χ0) is 13.6. The number of nitrogens with one attached hydrogen (secondary N) is 1. The van der Waals surface area contributed by atoms with Gasteiger partial charge in [-0.2, -0.15) is 0 Å². The van der Waals surface area contributed by atoms with E-state index in [1.807, 2.05) is 0 Å². The van der Waals surface area contributed by atoms with E-state index in [0.717, 1.165) is 19.6 Å². The lowest BCUT2D eigenvalue weighted by Crippen LogP contribution is -2.39. The molecule has 0 aliphatic carbocycles. The number of rotatable bonds is 7. The highest BCUT2D eigenvalue weighted by molar-refractivity contribution is 5.23. The Morgan fingerprint density at radius 2 is 1.78 bits per heavy atom. The van der Waals surface area contributed by atoms with Crippen LogP contribution in [0.5, 0.6) is 0 Å². The smallest absolute Gasteiger partial charge is 0.0104 e. The summed E-state index contributed by atoms with van der Waals surface area (Å²) in [7, 11) is 2.20. The average molecular weight is 248 g/mol. The Balaban J connectivity index is 2.45. The Bertz CT molecular complexity index is 330. The molecule has 0 aromatic heterocycles. The maximum atomic E-state index is 3.46. The minimum Gasteiger partial charge on any atom is -0.313 e. The molecule has 1 aromatic carbocycles. The summed E-state index contributed by atoms with van der Waals surface area (Å²) in [5.41, 5.74) is 1.61. The predicted molar refractivity (Wildman–Crippen MR) is 80.1 cm³/mol. The van der Waals surface area contributed by atoms with Crippen molar-refractivity contribution in [1.29, 1.82) is 0 Å². The van der Waals surface area contributed by atoms with Gasteiger partial charge in [0.25, 0.3) is 0 Å². The number of benzene rings is 1. The van der Waals surface area contributed by atoms with Crippen LogP contribution in [0.4, 0.5) is 0 Å². The third kappa shape index (κ3) is 5.19. The van der Waals surface area contributed by atoms with Crippen LogP contribution in [0.25, 0.3) is 0 Å². The standard InChI is InChI=1S/C16H28N2/c1-14(2)17-11-12-18(5)13-16(3,4)15-9-7-6-8-10-15/h6-10,14,17H,11-13H2,1-5H3. The van der Waals surface area contributed by atoms with Gasteiger partial charge in [0.05, 0.1) is 0 Å². The monoisotopic (exact) mass is 248 g/mol. The second-order valence-electron chi connectivity index (χ2n) is 6.10. The first-order valence-electron chi connectivity index (χ1n) is 6.89. The Kier molecular flexibility index (Phi) is 5.83. The summed E-state index contributed by atoms with van der Waals surface area (Å²) in [4.78, 5) is 2.41. The molecule has 2 heteroatoms. The van der Waals surface area contributed by atoms with Gasteiger partial charge in [-0.15, -0.1) is 0 Å². The second-order valence-corrected chi connectivity index (χ2v) is 6.10. The first-order valence-corrected chi connectivity index (χ1v) is 6.89. The zero-order valence-electron chi connectivity index (χ0n) is 12.5. The van der Waals surface area contributed by atoms with E-state index >= 15 is 0 Å². The number of likely N-dealkylation sites (N-methyl/N-ethyl adjacent to an activating group) is 1. The molecule has 0 aliphatic rings. The molecule has 0 spiro atoms. The van der Waals surface area contributed by atoms with Crippen LogP contribution in [0, 0.1) is 0 Å². The molecule has 0 bridgehead atoms. The molecule has 0 heterocycles. The lowest BCUT2D eigenvalue weighted by molar-refractivity contribution is 0.265. The molecular formula is C16H28N2. The summed E-state index contributed by atoms with van der Waals surface area (Å²) in [6.07, 6.45) is 0. The van der Waals surface area contributed by atoms with Crippen molar-refractivity contribution in [3.63, 3.8) is 0 Å². The third-order valence-electron chi connectivity index (χ3n) is 3.27. The minimum absolute atomic E-state index is 0.202. The normalized spacial score (nSPS) is 12.4. The summed E-state index contributed by atoms with van der Waals surface area (Å²) in [6.45, 7) is 12.2. The van der Waals surface area contributed by atoms with Crippen molar-refractivity contribution < 1.29 is 0 Å². The van der Waals surface area contributed by atoms with Gasteiger partial charge in [0.15, 0.2) is 0 Å². The van der Waals surface area contributed by atoms with E-state index in [-0.39, 0.29) is 5.41 Å². The van der Waals surface area contributed by atoms with Crippen LogP contribution in [0.3, 0.4) is 0 Å². The summed E-state index contributed by atoms with van der Waals surface area (Å²) in [5, 5.41) is 3.46. The molecule has 0 amide bonds. The highest BCUT2D eigenvalue weighted by atomic mass is 15.1. The average Bonchev–Trinajstić information content (AvgIpc) is 2.29. The van der Waals surface area contributed by atoms with Gasteiger partial charge in [0, 0.05) is 31.1 Å². The maximum absolute atomic E-state index is 3.46. The van der Waals surface area contributed by atoms with E-state index in [9.17, 15) is 0 Å². The van der Waals surface area contributed by atoms with Crippen molar-refractivity contribution in [1.82, 2.24) is 10.2 Å². The predicted octanol–water partition coefficient (Wildman–Crippen LogP) is 2.89. The van der Waals surface area contributed by atoms with Crippen LogP contribution < -0.4 is 5.32 Å². The molecule has 102 valence electrons. The molecule has 0 unspecified atom stereocenters. The first kappa shape index (κ1) is 15.2. The van der Waals surface area contributed by atoms with E-state index in [1.54, 1.807) is 0 Å². The van der Waals surface area contributed by atoms with Crippen molar-refractivity contribution in [3.05, 3.63) is 35.9 Å². The van der Waals surface area contributed by atoms with Crippen molar-refractivity contribution in [2.24, 2.45) is 0 Å². The number of hydrogen-bond acceptors (Lipinski definition) is 2. The maximum Gasteiger partial charge on any atom is 0.0104 e. The summed E-state index contributed by atoms with van der Waals surface area (Å²) in [5.74, 6) is 0. The van der Waals surface area contributed by atoms with Gasteiger partial charge < -0.3 is 10.2 Å². The molecule has 0 saturated heterocycles. The van der Waals surface area contributed by atoms with Crippen molar-refractivity contribution in [3.8, 4) is 0 Å². The first-order chi connectivity index (χ1) is 8.42. The van der Waals surface area contributed by atoms with Crippen LogP contribution in [-0.4, -0.2) is 37.6 Å². The molecule has 0 fully saturated rings. The van der Waals surface area contributed by atoms with E-state index < -0.39 is 0 Å². The van der Waals surface area contributed by atoms with Gasteiger partial charge >= 0.3 is 0 Å². The quantitative estimate of drug-likeness (QED) is 0.798. The van der Waals surface area contributed by atoms with Crippen LogP contribution in [0.2, 0.25) is 0 Å². The van der Waals surface area contributed by atoms with Crippen LogP contribution >= 0.6 is 0 Å². The Hall–Kier alpha value is -0.860. The molecule has 0 aliphatic heterocycles. The molecule has 1 aromatic rings. The molecule has 1 N–H and O–H groups in total. The summed E-state index contributed by atoms with van der Waals surface area (Å²) < 4.78 is 0. The largest absolute Gasteiger partial charge is 0.313 e. The van der Waals surface area contributed by atoms with Gasteiger partial charge in [-0.25, -0.2) is 0 Å². The van der Waals surface area contributed by atoms with Gasteiger partial charge in [-0.05, 0) is 12.6 Å². The van der Waals surface area contributed by atoms with Gasteiger partial charge in [-0.1, -0.05) is 58.0 Å². The summed E-state index contributed by atoms with van der Waals surface area (Å²) >= 11 is 0. The van der Waals surface area contributed by atoms with Crippen molar-refractivity contribution in [2.75, 3.05) is 26.7 Å². The van der Waals surface area contributed by atoms with Gasteiger partial charge in [0.1, 0.15) is 0 Å². The van der Waals surface area contributed by atoms with Gasteiger partial charge in [0.2, 0.25) is 0 Å². The fourth-order valence-corrected chi connectivity index (χ4v) is 2.28. The Labute approximate surface area is 112 Å². The fraction of sp³-hybridized carbons (Fsp3) is 0.625. The summed E-state index contributed by atoms with van der Waals surface area (Å²) in [6, 6.07) is 11.3. The minimum atomic E-state index is 0.202. The van der Waals surface area contributed by atoms with E-state index in [0.29, 0.717) is 6.04 Å². The molecule has 18 heavy (non-hydrogen) atoms. The topological polar surface area (TPSA) is 15.3 Å². The number of nitrogens with zero attached hydrogens (tertiary/aromatic N) is 1. The van der Waals surface area contributed by atoms with E-state index in [4.69, 9.17) is 0 Å². The van der Waals surface area contributed by atoms with Gasteiger partial charge in [-0.3, -0.25) is 0 Å². The van der Waals surface area contributed by atoms with E-state index in [2.05, 4.69) is 75.3 Å². The number of hydrogen-bond donors (Lipinski definition) is 1. The second kappa shape index (κ2) is 6.91. The molecule has 1 rings (SSSR count). The molecule has 0 atom stereocenters. The fourth-order valence-electron chi connectivity index (χ4n) is 2.28. The molecule has 2 nitrogen and oxygen atoms in total. The highest BCUT2D eigenvalue weighted by Crippen LogP contribution is 2.23. The van der Waals surface area contributed by atoms with Crippen LogP contribution in [0.15, 0.2) is 30.3 Å². The molecule has 0 saturated carbocycles. The molecule has 0 radical (unpaired) electrons. The molecular weight excluding hydrogens is 220 g/mol. The van der Waals surface area contributed by atoms with Crippen LogP contribution in [-0.2, 0) is 5.41 Å². The lowest BCUT2D eigenvalue weighted by Gasteiger charge is -2.31. The Morgan fingerprint density at radius 3 is 2.33 bits per heavy atom. The van der Waals surface area contributed by atoms with Crippen molar-refractivity contribution in [2.45, 2.75) is 39.2 Å². The van der Waals surface area contributed by atoms with Crippen LogP contribution in [0.1, 0.15) is 33.3 Å². The SMILES string of the molecule is CC(C)NCCN(C)CC(C)(C)c1ccccc1. The highest BCUT2D eigenvalue weighted by Gasteiger charge is 2.21. The lowest BCUT2D eigenvalue weighted by atomic mass is 9.84. The van der Waals surface area contributed by atoms with Crippen molar-refractivity contribution >= 4 is 0 Å². The zero-order valence-corrected chi connectivity index (χ0v) is 12.5.